The minimum absolute atomic E-state index is 0.0533. The second-order valence-corrected chi connectivity index (χ2v) is 5.40. The Hall–Kier alpha value is -0.0400. The van der Waals surface area contributed by atoms with Gasteiger partial charge in [0, 0.05) is 0 Å². The summed E-state index contributed by atoms with van der Waals surface area (Å²) in [7, 11) is 0. The Bertz CT molecular complexity index is 166. The van der Waals surface area contributed by atoms with E-state index in [1.807, 2.05) is 0 Å². The largest absolute Gasteiger partial charge is 0.393 e. The van der Waals surface area contributed by atoms with Crippen molar-refractivity contribution in [1.29, 1.82) is 0 Å². The molecule has 2 fully saturated rings. The van der Waals surface area contributed by atoms with Gasteiger partial charge in [-0.1, -0.05) is 32.6 Å². The maximum atomic E-state index is 10.0. The molecule has 0 aromatic rings. The fraction of sp³-hybridized carbons (Fsp3) is 1.00. The van der Waals surface area contributed by atoms with Gasteiger partial charge in [0.2, 0.25) is 0 Å². The Morgan fingerprint density at radius 2 is 1.50 bits per heavy atom. The molecule has 0 aliphatic heterocycles. The Morgan fingerprint density at radius 1 is 1.00 bits per heavy atom. The molecule has 0 bridgehead atoms. The summed E-state index contributed by atoms with van der Waals surface area (Å²) in [4.78, 5) is 0. The molecular formula is C13H24O. The van der Waals surface area contributed by atoms with Crippen LogP contribution in [0.4, 0.5) is 0 Å². The van der Waals surface area contributed by atoms with Gasteiger partial charge in [0.15, 0.2) is 0 Å². The molecule has 2 aliphatic carbocycles. The van der Waals surface area contributed by atoms with E-state index >= 15 is 0 Å². The van der Waals surface area contributed by atoms with Crippen LogP contribution in [0.25, 0.3) is 0 Å². The van der Waals surface area contributed by atoms with Crippen LogP contribution in [0.1, 0.15) is 58.3 Å². The third kappa shape index (κ3) is 2.50. The Labute approximate surface area is 87.9 Å². The van der Waals surface area contributed by atoms with E-state index in [1.165, 1.54) is 51.4 Å². The van der Waals surface area contributed by atoms with Crippen molar-refractivity contribution in [3.63, 3.8) is 0 Å². The molecule has 0 radical (unpaired) electrons. The smallest absolute Gasteiger partial charge is 0.0596 e. The minimum atomic E-state index is 0.0533. The van der Waals surface area contributed by atoms with Crippen LogP contribution >= 0.6 is 0 Å². The first-order chi connectivity index (χ1) is 6.81. The monoisotopic (exact) mass is 196 g/mol. The SMILES string of the molecule is CCCC1CCC(C(O)C2CC2)CC1. The highest BCUT2D eigenvalue weighted by Crippen LogP contribution is 2.41. The summed E-state index contributed by atoms with van der Waals surface area (Å²) in [6.45, 7) is 2.28. The molecule has 1 N–H and O–H groups in total. The van der Waals surface area contributed by atoms with Crippen molar-refractivity contribution in [3.05, 3.63) is 0 Å². The molecule has 0 aromatic carbocycles. The maximum absolute atomic E-state index is 10.0. The van der Waals surface area contributed by atoms with Gasteiger partial charge in [0.1, 0.15) is 0 Å². The predicted molar refractivity (Wildman–Crippen MR) is 59.1 cm³/mol. The zero-order valence-electron chi connectivity index (χ0n) is 9.41. The molecule has 82 valence electrons. The third-order valence-corrected chi connectivity index (χ3v) is 4.18. The second kappa shape index (κ2) is 4.65. The van der Waals surface area contributed by atoms with Crippen molar-refractivity contribution >= 4 is 0 Å². The number of aliphatic hydroxyl groups excluding tert-OH is 1. The first kappa shape index (κ1) is 10.5. The van der Waals surface area contributed by atoms with Crippen LogP contribution in [0.5, 0.6) is 0 Å². The number of hydrogen-bond acceptors (Lipinski definition) is 1. The molecule has 2 aliphatic rings. The molecule has 0 heterocycles. The van der Waals surface area contributed by atoms with E-state index in [0.717, 1.165) is 5.92 Å². The lowest BCUT2D eigenvalue weighted by atomic mass is 9.77. The van der Waals surface area contributed by atoms with E-state index in [2.05, 4.69) is 6.92 Å². The first-order valence-corrected chi connectivity index (χ1v) is 6.49. The van der Waals surface area contributed by atoms with Crippen molar-refractivity contribution < 1.29 is 5.11 Å². The normalized spacial score (nSPS) is 35.6. The predicted octanol–water partition coefficient (Wildman–Crippen LogP) is 3.36. The molecule has 2 rings (SSSR count). The van der Waals surface area contributed by atoms with E-state index in [4.69, 9.17) is 0 Å². The second-order valence-electron chi connectivity index (χ2n) is 5.40. The highest BCUT2D eigenvalue weighted by Gasteiger charge is 2.36. The van der Waals surface area contributed by atoms with Gasteiger partial charge in [0.25, 0.3) is 0 Å². The lowest BCUT2D eigenvalue weighted by Crippen LogP contribution is -2.27. The summed E-state index contributed by atoms with van der Waals surface area (Å²) in [5.74, 6) is 2.31. The maximum Gasteiger partial charge on any atom is 0.0596 e. The summed E-state index contributed by atoms with van der Waals surface area (Å²) < 4.78 is 0. The Balaban J connectivity index is 1.71. The summed E-state index contributed by atoms with van der Waals surface area (Å²) in [5.41, 5.74) is 0. The van der Waals surface area contributed by atoms with Crippen LogP contribution in [0.15, 0.2) is 0 Å². The molecule has 14 heavy (non-hydrogen) atoms. The van der Waals surface area contributed by atoms with Gasteiger partial charge >= 0.3 is 0 Å². The van der Waals surface area contributed by atoms with E-state index < -0.39 is 0 Å². The summed E-state index contributed by atoms with van der Waals surface area (Å²) in [5, 5.41) is 10.0. The van der Waals surface area contributed by atoms with Crippen LogP contribution < -0.4 is 0 Å². The molecule has 0 spiro atoms. The van der Waals surface area contributed by atoms with Crippen molar-refractivity contribution in [2.45, 2.75) is 64.4 Å². The molecule has 0 amide bonds. The summed E-state index contributed by atoms with van der Waals surface area (Å²) >= 11 is 0. The van der Waals surface area contributed by atoms with Gasteiger partial charge < -0.3 is 5.11 Å². The molecule has 1 unspecified atom stereocenters. The summed E-state index contributed by atoms with van der Waals surface area (Å²) in [6, 6.07) is 0. The lowest BCUT2D eigenvalue weighted by molar-refractivity contribution is 0.0554. The standard InChI is InChI=1S/C13H24O/c1-2-3-10-4-6-11(7-5-10)13(14)12-8-9-12/h10-14H,2-9H2,1H3. The number of aliphatic hydroxyl groups is 1. The van der Waals surface area contributed by atoms with Crippen molar-refractivity contribution in [3.8, 4) is 0 Å². The van der Waals surface area contributed by atoms with Crippen molar-refractivity contribution in [2.75, 3.05) is 0 Å². The molecule has 2 saturated carbocycles. The first-order valence-electron chi connectivity index (χ1n) is 6.49. The fourth-order valence-corrected chi connectivity index (χ4v) is 3.05. The number of rotatable bonds is 4. The van der Waals surface area contributed by atoms with E-state index in [-0.39, 0.29) is 6.10 Å². The highest BCUT2D eigenvalue weighted by molar-refractivity contribution is 4.87. The van der Waals surface area contributed by atoms with Gasteiger partial charge in [-0.25, -0.2) is 0 Å². The van der Waals surface area contributed by atoms with Crippen LogP contribution in [0, 0.1) is 17.8 Å². The number of hydrogen-bond donors (Lipinski definition) is 1. The summed E-state index contributed by atoms with van der Waals surface area (Å²) in [6.07, 6.45) is 10.7. The molecule has 1 atom stereocenters. The van der Waals surface area contributed by atoms with Gasteiger partial charge in [-0.3, -0.25) is 0 Å². The average Bonchev–Trinajstić information content (AvgIpc) is 3.02. The Kier molecular flexibility index (Phi) is 3.48. The molecule has 1 heteroatoms. The van der Waals surface area contributed by atoms with Gasteiger partial charge in [0.05, 0.1) is 6.10 Å². The van der Waals surface area contributed by atoms with Crippen LogP contribution in [0.2, 0.25) is 0 Å². The van der Waals surface area contributed by atoms with E-state index in [0.29, 0.717) is 11.8 Å². The van der Waals surface area contributed by atoms with Gasteiger partial charge in [-0.05, 0) is 43.4 Å². The fourth-order valence-electron chi connectivity index (χ4n) is 3.05. The lowest BCUT2D eigenvalue weighted by Gasteiger charge is -2.31. The average molecular weight is 196 g/mol. The molecular weight excluding hydrogens is 172 g/mol. The van der Waals surface area contributed by atoms with Crippen molar-refractivity contribution in [2.24, 2.45) is 17.8 Å². The van der Waals surface area contributed by atoms with Gasteiger partial charge in [-0.2, -0.15) is 0 Å². The van der Waals surface area contributed by atoms with Crippen LogP contribution in [-0.2, 0) is 0 Å². The minimum Gasteiger partial charge on any atom is -0.393 e. The highest BCUT2D eigenvalue weighted by atomic mass is 16.3. The zero-order chi connectivity index (χ0) is 9.97. The molecule has 0 aromatic heterocycles. The zero-order valence-corrected chi connectivity index (χ0v) is 9.41. The third-order valence-electron chi connectivity index (χ3n) is 4.18. The van der Waals surface area contributed by atoms with Crippen LogP contribution in [0.3, 0.4) is 0 Å². The van der Waals surface area contributed by atoms with Crippen LogP contribution in [-0.4, -0.2) is 11.2 Å². The van der Waals surface area contributed by atoms with Crippen molar-refractivity contribution in [1.82, 2.24) is 0 Å². The molecule has 0 saturated heterocycles. The Morgan fingerprint density at radius 3 is 1.93 bits per heavy atom. The van der Waals surface area contributed by atoms with E-state index in [9.17, 15) is 5.11 Å². The molecule has 1 nitrogen and oxygen atoms in total. The van der Waals surface area contributed by atoms with Gasteiger partial charge in [-0.15, -0.1) is 0 Å². The van der Waals surface area contributed by atoms with E-state index in [1.54, 1.807) is 0 Å². The topological polar surface area (TPSA) is 20.2 Å². The quantitative estimate of drug-likeness (QED) is 0.731.